The predicted octanol–water partition coefficient (Wildman–Crippen LogP) is 3.62. The lowest BCUT2D eigenvalue weighted by Gasteiger charge is -2.06. The first-order valence-electron chi connectivity index (χ1n) is 6.02. The van der Waals surface area contributed by atoms with Crippen LogP contribution in [-0.4, -0.2) is 13.0 Å². The number of carbonyl (C=O) groups is 1. The fourth-order valence-electron chi connectivity index (χ4n) is 1.81. The lowest BCUT2D eigenvalue weighted by atomic mass is 10.1. The summed E-state index contributed by atoms with van der Waals surface area (Å²) in [7, 11) is 1.58. The van der Waals surface area contributed by atoms with Crippen molar-refractivity contribution >= 4 is 29.7 Å². The quantitative estimate of drug-likeness (QED) is 0.873. The Morgan fingerprint density at radius 3 is 2.50 bits per heavy atom. The molecule has 2 aromatic rings. The average molecular weight is 288 g/mol. The molecule has 3 nitrogen and oxygen atoms in total. The number of halogens is 1. The van der Waals surface area contributed by atoms with Crippen molar-refractivity contribution in [3.05, 3.63) is 64.2 Å². The van der Waals surface area contributed by atoms with Crippen molar-refractivity contribution in [2.45, 2.75) is 0 Å². The number of amides is 1. The number of hydrogen-bond acceptors (Lipinski definition) is 2. The molecule has 0 aliphatic rings. The van der Waals surface area contributed by atoms with Gasteiger partial charge < -0.3 is 10.5 Å². The van der Waals surface area contributed by atoms with E-state index in [2.05, 4.69) is 0 Å². The molecule has 0 aromatic heterocycles. The van der Waals surface area contributed by atoms with E-state index in [1.807, 2.05) is 36.4 Å². The third kappa shape index (κ3) is 3.19. The van der Waals surface area contributed by atoms with Gasteiger partial charge in [-0.2, -0.15) is 0 Å². The molecule has 20 heavy (non-hydrogen) atoms. The molecule has 0 atom stereocenters. The minimum atomic E-state index is -0.472. The second-order valence-corrected chi connectivity index (χ2v) is 4.58. The molecule has 0 fully saturated rings. The van der Waals surface area contributed by atoms with Crippen molar-refractivity contribution in [2.24, 2.45) is 5.73 Å². The summed E-state index contributed by atoms with van der Waals surface area (Å²) in [5.74, 6) is 0.193. The van der Waals surface area contributed by atoms with Crippen molar-refractivity contribution in [3.8, 4) is 5.75 Å². The first-order chi connectivity index (χ1) is 9.61. The van der Waals surface area contributed by atoms with E-state index in [0.29, 0.717) is 16.3 Å². The van der Waals surface area contributed by atoms with Crippen LogP contribution in [-0.2, 0) is 0 Å². The van der Waals surface area contributed by atoms with Crippen LogP contribution in [0.25, 0.3) is 12.2 Å². The van der Waals surface area contributed by atoms with Gasteiger partial charge in [-0.1, -0.05) is 42.0 Å². The van der Waals surface area contributed by atoms with Crippen LogP contribution in [0.4, 0.5) is 0 Å². The Morgan fingerprint density at radius 2 is 1.85 bits per heavy atom. The highest BCUT2D eigenvalue weighted by Gasteiger charge is 2.05. The van der Waals surface area contributed by atoms with Crippen molar-refractivity contribution < 1.29 is 9.53 Å². The van der Waals surface area contributed by atoms with E-state index >= 15 is 0 Å². The van der Waals surface area contributed by atoms with E-state index in [4.69, 9.17) is 22.1 Å². The maximum absolute atomic E-state index is 11.2. The second kappa shape index (κ2) is 6.26. The molecule has 102 valence electrons. The number of primary amides is 1. The minimum absolute atomic E-state index is 0.435. The van der Waals surface area contributed by atoms with Gasteiger partial charge in [0.15, 0.2) is 0 Å². The molecule has 0 radical (unpaired) electrons. The average Bonchev–Trinajstić information content (AvgIpc) is 2.46. The monoisotopic (exact) mass is 287 g/mol. The first kappa shape index (κ1) is 14.2. The highest BCUT2D eigenvalue weighted by molar-refractivity contribution is 6.32. The van der Waals surface area contributed by atoms with E-state index in [1.165, 1.54) is 0 Å². The fraction of sp³-hybridized carbons (Fsp3) is 0.0625. The fourth-order valence-corrected chi connectivity index (χ4v) is 2.01. The van der Waals surface area contributed by atoms with Crippen LogP contribution in [0.2, 0.25) is 5.02 Å². The number of carbonyl (C=O) groups excluding carboxylic acids is 1. The highest BCUT2D eigenvalue weighted by Crippen LogP contribution is 2.24. The maximum Gasteiger partial charge on any atom is 0.248 e. The van der Waals surface area contributed by atoms with Gasteiger partial charge in [0.1, 0.15) is 5.75 Å². The van der Waals surface area contributed by atoms with E-state index in [-0.39, 0.29) is 0 Å². The Kier molecular flexibility index (Phi) is 4.43. The van der Waals surface area contributed by atoms with E-state index in [1.54, 1.807) is 25.3 Å². The molecule has 2 N–H and O–H groups in total. The molecule has 0 unspecified atom stereocenters. The number of rotatable bonds is 4. The molecule has 0 aliphatic carbocycles. The zero-order valence-corrected chi connectivity index (χ0v) is 11.7. The van der Waals surface area contributed by atoms with Crippen molar-refractivity contribution in [2.75, 3.05) is 7.11 Å². The number of nitrogens with two attached hydrogens (primary N) is 1. The Bertz CT molecular complexity index is 665. The summed E-state index contributed by atoms with van der Waals surface area (Å²) in [6, 6.07) is 12.5. The van der Waals surface area contributed by atoms with Crippen LogP contribution in [0.15, 0.2) is 42.5 Å². The SMILES string of the molecule is COc1ccc(C(N)=O)cc1/C=C/c1ccccc1Cl. The molecular formula is C16H14ClNO2. The molecule has 0 spiro atoms. The topological polar surface area (TPSA) is 52.3 Å². The number of ether oxygens (including phenoxy) is 1. The molecular weight excluding hydrogens is 274 g/mol. The van der Waals surface area contributed by atoms with Crippen molar-refractivity contribution in [1.29, 1.82) is 0 Å². The minimum Gasteiger partial charge on any atom is -0.496 e. The van der Waals surface area contributed by atoms with Gasteiger partial charge >= 0.3 is 0 Å². The van der Waals surface area contributed by atoms with Crippen molar-refractivity contribution in [1.82, 2.24) is 0 Å². The molecule has 0 saturated heterocycles. The molecule has 4 heteroatoms. The molecule has 0 bridgehead atoms. The first-order valence-corrected chi connectivity index (χ1v) is 6.40. The second-order valence-electron chi connectivity index (χ2n) is 4.18. The summed E-state index contributed by atoms with van der Waals surface area (Å²) in [4.78, 5) is 11.2. The Labute approximate surface area is 122 Å². The van der Waals surface area contributed by atoms with Gasteiger partial charge in [0.25, 0.3) is 0 Å². The summed E-state index contributed by atoms with van der Waals surface area (Å²) >= 11 is 6.09. The summed E-state index contributed by atoms with van der Waals surface area (Å²) in [6.07, 6.45) is 3.71. The number of benzene rings is 2. The lowest BCUT2D eigenvalue weighted by molar-refractivity contribution is 0.1000. The zero-order chi connectivity index (χ0) is 14.5. The van der Waals surface area contributed by atoms with Gasteiger partial charge in [-0.05, 0) is 29.8 Å². The van der Waals surface area contributed by atoms with Crippen molar-refractivity contribution in [3.63, 3.8) is 0 Å². The van der Waals surface area contributed by atoms with Crippen LogP contribution >= 0.6 is 11.6 Å². The molecule has 2 aromatic carbocycles. The largest absolute Gasteiger partial charge is 0.496 e. The van der Waals surface area contributed by atoms with Gasteiger partial charge in [0.05, 0.1) is 7.11 Å². The van der Waals surface area contributed by atoms with Gasteiger partial charge in [-0.15, -0.1) is 0 Å². The third-order valence-electron chi connectivity index (χ3n) is 2.86. The van der Waals surface area contributed by atoms with Crippen LogP contribution in [0.5, 0.6) is 5.75 Å². The van der Waals surface area contributed by atoms with Crippen LogP contribution in [0, 0.1) is 0 Å². The maximum atomic E-state index is 11.2. The lowest BCUT2D eigenvalue weighted by Crippen LogP contribution is -2.10. The molecule has 0 heterocycles. The summed E-state index contributed by atoms with van der Waals surface area (Å²) in [5.41, 5.74) is 7.37. The molecule has 1 amide bonds. The van der Waals surface area contributed by atoms with E-state index in [9.17, 15) is 4.79 Å². The Balaban J connectivity index is 2.39. The van der Waals surface area contributed by atoms with E-state index < -0.39 is 5.91 Å². The van der Waals surface area contributed by atoms with Crippen LogP contribution in [0.3, 0.4) is 0 Å². The zero-order valence-electron chi connectivity index (χ0n) is 11.0. The Hall–Kier alpha value is -2.26. The third-order valence-corrected chi connectivity index (χ3v) is 3.21. The van der Waals surface area contributed by atoms with Gasteiger partial charge in [-0.3, -0.25) is 4.79 Å². The summed E-state index contributed by atoms with van der Waals surface area (Å²) in [6.45, 7) is 0. The van der Waals surface area contributed by atoms with Gasteiger partial charge in [-0.25, -0.2) is 0 Å². The van der Waals surface area contributed by atoms with Gasteiger partial charge in [0, 0.05) is 16.1 Å². The van der Waals surface area contributed by atoms with Gasteiger partial charge in [0.2, 0.25) is 5.91 Å². The normalized spacial score (nSPS) is 10.7. The smallest absolute Gasteiger partial charge is 0.248 e. The van der Waals surface area contributed by atoms with Crippen LogP contribution < -0.4 is 10.5 Å². The number of methoxy groups -OCH3 is 1. The summed E-state index contributed by atoms with van der Waals surface area (Å²) in [5, 5.41) is 0.661. The molecule has 2 rings (SSSR count). The standard InChI is InChI=1S/C16H14ClNO2/c1-20-15-9-8-13(16(18)19)10-12(15)7-6-11-4-2-3-5-14(11)17/h2-10H,1H3,(H2,18,19)/b7-6+. The predicted molar refractivity (Wildman–Crippen MR) is 81.9 cm³/mol. The highest BCUT2D eigenvalue weighted by atomic mass is 35.5. The van der Waals surface area contributed by atoms with Crippen LogP contribution in [0.1, 0.15) is 21.5 Å². The Morgan fingerprint density at radius 1 is 1.15 bits per heavy atom. The summed E-state index contributed by atoms with van der Waals surface area (Å²) < 4.78 is 5.26. The molecule has 0 aliphatic heterocycles. The molecule has 0 saturated carbocycles. The number of hydrogen-bond donors (Lipinski definition) is 1. The van der Waals surface area contributed by atoms with E-state index in [0.717, 1.165) is 11.1 Å².